The third-order valence-corrected chi connectivity index (χ3v) is 5.41. The molecule has 1 atom stereocenters. The monoisotopic (exact) mass is 414 g/mol. The summed E-state index contributed by atoms with van der Waals surface area (Å²) in [6.45, 7) is 0.361. The van der Waals surface area contributed by atoms with E-state index in [-0.39, 0.29) is 11.7 Å². The first-order chi connectivity index (χ1) is 15.2. The number of rotatable bonds is 4. The van der Waals surface area contributed by atoms with Gasteiger partial charge in [0.05, 0.1) is 12.4 Å². The van der Waals surface area contributed by atoms with E-state index in [1.807, 2.05) is 12.3 Å². The second-order valence-corrected chi connectivity index (χ2v) is 7.66. The van der Waals surface area contributed by atoms with Crippen LogP contribution >= 0.6 is 0 Å². The van der Waals surface area contributed by atoms with Crippen molar-refractivity contribution in [3.05, 3.63) is 82.8 Å². The summed E-state index contributed by atoms with van der Waals surface area (Å²) in [7, 11) is 0. The summed E-state index contributed by atoms with van der Waals surface area (Å²) in [4.78, 5) is 25.1. The summed E-state index contributed by atoms with van der Waals surface area (Å²) < 4.78 is 19.2. The summed E-state index contributed by atoms with van der Waals surface area (Å²) >= 11 is 0. The fraction of sp³-hybridized carbons (Fsp3) is 0.217. The van der Waals surface area contributed by atoms with Crippen LogP contribution in [-0.4, -0.2) is 26.0 Å². The van der Waals surface area contributed by atoms with E-state index >= 15 is 0 Å². The molecule has 8 heteroatoms. The lowest BCUT2D eigenvalue weighted by Crippen LogP contribution is -2.22. The number of hydrogen-bond donors (Lipinski definition) is 0. The van der Waals surface area contributed by atoms with E-state index in [0.717, 1.165) is 11.3 Å². The lowest BCUT2D eigenvalue weighted by atomic mass is 10.1. The second-order valence-electron chi connectivity index (χ2n) is 7.66. The maximum Gasteiger partial charge on any atom is 0.258 e. The van der Waals surface area contributed by atoms with Gasteiger partial charge in [0, 0.05) is 41.7 Å². The van der Waals surface area contributed by atoms with Crippen molar-refractivity contribution >= 4 is 5.65 Å². The molecule has 0 radical (unpaired) electrons. The van der Waals surface area contributed by atoms with Gasteiger partial charge in [0.1, 0.15) is 23.8 Å². The van der Waals surface area contributed by atoms with Gasteiger partial charge in [0.15, 0.2) is 11.9 Å². The number of hydrogen-bond acceptors (Lipinski definition) is 7. The van der Waals surface area contributed by atoms with Crippen LogP contribution < -0.4 is 19.8 Å². The van der Waals surface area contributed by atoms with Crippen LogP contribution in [0.5, 0.6) is 23.1 Å². The van der Waals surface area contributed by atoms with Gasteiger partial charge in [-0.2, -0.15) is 0 Å². The molecule has 2 aliphatic rings. The van der Waals surface area contributed by atoms with Crippen molar-refractivity contribution in [2.24, 2.45) is 0 Å². The molecule has 1 fully saturated rings. The van der Waals surface area contributed by atoms with Gasteiger partial charge in [-0.15, -0.1) is 0 Å². The van der Waals surface area contributed by atoms with Gasteiger partial charge in [-0.25, -0.2) is 9.97 Å². The van der Waals surface area contributed by atoms with E-state index in [4.69, 9.17) is 14.2 Å². The van der Waals surface area contributed by atoms with E-state index in [0.29, 0.717) is 41.3 Å². The highest BCUT2D eigenvalue weighted by molar-refractivity contribution is 5.45. The van der Waals surface area contributed by atoms with Crippen LogP contribution in [0.4, 0.5) is 0 Å². The number of aromatic nitrogens is 4. The first-order valence-corrected chi connectivity index (χ1v) is 10.1. The van der Waals surface area contributed by atoms with E-state index in [2.05, 4.69) is 21.0 Å². The van der Waals surface area contributed by atoms with E-state index < -0.39 is 0 Å². The molecule has 154 valence electrons. The zero-order chi connectivity index (χ0) is 20.8. The lowest BCUT2D eigenvalue weighted by Gasteiger charge is -2.26. The first-order valence-electron chi connectivity index (χ1n) is 10.1. The summed E-state index contributed by atoms with van der Waals surface area (Å²) in [5.41, 5.74) is 2.48. The highest BCUT2D eigenvalue weighted by Gasteiger charge is 2.27. The molecule has 0 N–H and O–H groups in total. The van der Waals surface area contributed by atoms with E-state index in [1.165, 1.54) is 29.5 Å². The maximum atomic E-state index is 12.0. The van der Waals surface area contributed by atoms with E-state index in [1.54, 1.807) is 30.6 Å². The molecule has 6 rings (SSSR count). The topological polar surface area (TPSA) is 87.8 Å². The molecule has 8 nitrogen and oxygen atoms in total. The first kappa shape index (κ1) is 17.9. The Kier molecular flexibility index (Phi) is 4.09. The molecule has 0 bridgehead atoms. The van der Waals surface area contributed by atoms with Crippen LogP contribution in [-0.2, 0) is 0 Å². The Bertz CT molecular complexity index is 1330. The van der Waals surface area contributed by atoms with Gasteiger partial charge in [-0.3, -0.25) is 14.2 Å². The molecule has 0 unspecified atom stereocenters. The molecule has 0 spiro atoms. The molecular formula is C23H18N4O4. The van der Waals surface area contributed by atoms with Crippen LogP contribution in [0.15, 0.2) is 66.0 Å². The fourth-order valence-electron chi connectivity index (χ4n) is 3.60. The van der Waals surface area contributed by atoms with Crippen molar-refractivity contribution in [3.63, 3.8) is 0 Å². The number of ether oxygens (including phenoxy) is 3. The van der Waals surface area contributed by atoms with Crippen molar-refractivity contribution < 1.29 is 14.2 Å². The molecule has 4 aromatic rings. The largest absolute Gasteiger partial charge is 0.484 e. The van der Waals surface area contributed by atoms with Gasteiger partial charge >= 0.3 is 0 Å². The Hall–Kier alpha value is -3.94. The maximum absolute atomic E-state index is 12.0. The van der Waals surface area contributed by atoms with Crippen molar-refractivity contribution in [3.8, 4) is 23.1 Å². The van der Waals surface area contributed by atoms with Crippen molar-refractivity contribution in [1.29, 1.82) is 0 Å². The van der Waals surface area contributed by atoms with Gasteiger partial charge in [-0.05, 0) is 31.0 Å². The van der Waals surface area contributed by atoms with Crippen molar-refractivity contribution in [2.45, 2.75) is 24.9 Å². The third kappa shape index (κ3) is 3.46. The molecule has 1 aliphatic heterocycles. The molecule has 31 heavy (non-hydrogen) atoms. The fourth-order valence-corrected chi connectivity index (χ4v) is 3.60. The standard InChI is InChI=1S/C23H18N4O4/c28-22-7-8-24-21-6-4-16(12-27(21)22)30-17-9-19-23(26-11-17)31-20(13-29-19)15-3-5-18(25-10-15)14-1-2-14/h3-12,14,20H,1-2,13H2/t20-/m0/s1. The Morgan fingerprint density at radius 3 is 2.77 bits per heavy atom. The minimum atomic E-state index is -0.257. The van der Waals surface area contributed by atoms with Crippen LogP contribution in [0.1, 0.15) is 36.1 Å². The minimum absolute atomic E-state index is 0.179. The van der Waals surface area contributed by atoms with Crippen LogP contribution in [0.3, 0.4) is 0 Å². The quantitative estimate of drug-likeness (QED) is 0.503. The highest BCUT2D eigenvalue weighted by Crippen LogP contribution is 2.40. The molecule has 5 heterocycles. The number of nitrogens with zero attached hydrogens (tertiary/aromatic N) is 4. The average Bonchev–Trinajstić information content (AvgIpc) is 3.65. The van der Waals surface area contributed by atoms with Crippen molar-refractivity contribution in [2.75, 3.05) is 6.61 Å². The molecule has 4 aromatic heterocycles. The van der Waals surface area contributed by atoms with E-state index in [9.17, 15) is 4.79 Å². The average molecular weight is 414 g/mol. The number of pyridine rings is 3. The highest BCUT2D eigenvalue weighted by atomic mass is 16.6. The van der Waals surface area contributed by atoms with Crippen LogP contribution in [0.25, 0.3) is 5.65 Å². The SMILES string of the molecule is O=c1ccnc2ccc(Oc3cnc4c(c3)OC[C@@H](c3ccc(C5CC5)nc3)O4)cn12. The molecule has 1 saturated carbocycles. The summed E-state index contributed by atoms with van der Waals surface area (Å²) in [6.07, 6.45) is 8.69. The Balaban J connectivity index is 1.20. The predicted molar refractivity (Wildman–Crippen MR) is 111 cm³/mol. The zero-order valence-corrected chi connectivity index (χ0v) is 16.5. The zero-order valence-electron chi connectivity index (χ0n) is 16.5. The van der Waals surface area contributed by atoms with Crippen LogP contribution in [0.2, 0.25) is 0 Å². The molecule has 0 saturated heterocycles. The van der Waals surface area contributed by atoms with Gasteiger partial charge in [0.2, 0.25) is 0 Å². The summed E-state index contributed by atoms with van der Waals surface area (Å²) in [5.74, 6) is 2.51. The smallest absolute Gasteiger partial charge is 0.258 e. The minimum Gasteiger partial charge on any atom is -0.484 e. The Morgan fingerprint density at radius 1 is 1.00 bits per heavy atom. The Morgan fingerprint density at radius 2 is 1.94 bits per heavy atom. The van der Waals surface area contributed by atoms with Gasteiger partial charge in [0.25, 0.3) is 11.4 Å². The lowest BCUT2D eigenvalue weighted by molar-refractivity contribution is 0.0844. The van der Waals surface area contributed by atoms with Gasteiger partial charge < -0.3 is 14.2 Å². The molecule has 0 amide bonds. The Labute approximate surface area is 177 Å². The third-order valence-electron chi connectivity index (χ3n) is 5.41. The predicted octanol–water partition coefficient (Wildman–Crippen LogP) is 3.67. The second kappa shape index (κ2) is 7.09. The van der Waals surface area contributed by atoms with Crippen LogP contribution in [0, 0.1) is 0 Å². The van der Waals surface area contributed by atoms with Gasteiger partial charge in [-0.1, -0.05) is 6.07 Å². The molecule has 0 aromatic carbocycles. The number of fused-ring (bicyclic) bond motifs is 2. The molecular weight excluding hydrogens is 396 g/mol. The van der Waals surface area contributed by atoms with Crippen molar-refractivity contribution in [1.82, 2.24) is 19.4 Å². The molecule has 1 aliphatic carbocycles. The normalized spacial score (nSPS) is 17.5. The summed E-state index contributed by atoms with van der Waals surface area (Å²) in [6, 6.07) is 10.7. The summed E-state index contributed by atoms with van der Waals surface area (Å²) in [5, 5.41) is 0.